The quantitative estimate of drug-likeness (QED) is 0.806. The Bertz CT molecular complexity index is 869. The number of hydrogen-bond acceptors (Lipinski definition) is 5. The maximum Gasteiger partial charge on any atom is 0.257 e. The van der Waals surface area contributed by atoms with E-state index in [1.165, 1.54) is 17.8 Å². The number of likely N-dealkylation sites (tertiary alicyclic amines) is 1. The zero-order chi connectivity index (χ0) is 20.4. The molecule has 4 rings (SSSR count). The summed E-state index contributed by atoms with van der Waals surface area (Å²) in [4.78, 5) is 33.2. The highest BCUT2D eigenvalue weighted by Crippen LogP contribution is 2.25. The molecule has 0 unspecified atom stereocenters. The number of anilines is 2. The Kier molecular flexibility index (Phi) is 5.96. The van der Waals surface area contributed by atoms with Crippen LogP contribution in [0.5, 0.6) is 0 Å². The zero-order valence-electron chi connectivity index (χ0n) is 17.1. The number of nitrogens with one attached hydrogen (secondary N) is 1. The number of piperidine rings is 1. The molecule has 2 fully saturated rings. The van der Waals surface area contributed by atoms with Crippen LogP contribution in [0.25, 0.3) is 0 Å². The Morgan fingerprint density at radius 1 is 1.21 bits per heavy atom. The predicted molar refractivity (Wildman–Crippen MR) is 116 cm³/mol. The van der Waals surface area contributed by atoms with Crippen molar-refractivity contribution in [2.45, 2.75) is 39.7 Å². The largest absolute Gasteiger partial charge is 0.312 e. The molecule has 3 heterocycles. The second-order valence-electron chi connectivity index (χ2n) is 8.43. The highest BCUT2D eigenvalue weighted by Gasteiger charge is 2.23. The minimum atomic E-state index is -0.176. The normalized spacial score (nSPS) is 22.8. The van der Waals surface area contributed by atoms with Crippen molar-refractivity contribution in [3.05, 3.63) is 40.9 Å². The third kappa shape index (κ3) is 4.85. The van der Waals surface area contributed by atoms with Gasteiger partial charge in [-0.2, -0.15) is 0 Å². The lowest BCUT2D eigenvalue weighted by Crippen LogP contribution is -2.38. The molecule has 0 spiro atoms. The number of amides is 2. The number of carbonyl (C=O) groups is 2. The van der Waals surface area contributed by atoms with Gasteiger partial charge in [0.15, 0.2) is 5.13 Å². The van der Waals surface area contributed by atoms with E-state index >= 15 is 0 Å². The Labute approximate surface area is 175 Å². The molecule has 0 radical (unpaired) electrons. The van der Waals surface area contributed by atoms with Crippen LogP contribution in [0.1, 0.15) is 49.2 Å². The van der Waals surface area contributed by atoms with Crippen LogP contribution in [0.15, 0.2) is 29.6 Å². The lowest BCUT2D eigenvalue weighted by Gasteiger charge is -2.34. The molecule has 29 heavy (non-hydrogen) atoms. The molecule has 0 aliphatic carbocycles. The van der Waals surface area contributed by atoms with E-state index in [0.717, 1.165) is 55.8 Å². The van der Waals surface area contributed by atoms with E-state index in [4.69, 9.17) is 0 Å². The van der Waals surface area contributed by atoms with E-state index in [0.29, 0.717) is 17.1 Å². The van der Waals surface area contributed by atoms with Gasteiger partial charge in [-0.3, -0.25) is 19.8 Å². The first-order valence-electron chi connectivity index (χ1n) is 10.4. The van der Waals surface area contributed by atoms with Crippen molar-refractivity contribution in [1.82, 2.24) is 9.88 Å². The van der Waals surface area contributed by atoms with Crippen LogP contribution in [0.3, 0.4) is 0 Å². The first kappa shape index (κ1) is 20.0. The van der Waals surface area contributed by atoms with E-state index in [-0.39, 0.29) is 11.8 Å². The first-order chi connectivity index (χ1) is 14.0. The topological polar surface area (TPSA) is 65.5 Å². The van der Waals surface area contributed by atoms with Crippen molar-refractivity contribution in [3.63, 3.8) is 0 Å². The summed E-state index contributed by atoms with van der Waals surface area (Å²) in [5, 5.41) is 5.56. The molecule has 2 aliphatic rings. The fourth-order valence-corrected chi connectivity index (χ4v) is 5.17. The van der Waals surface area contributed by atoms with E-state index in [1.54, 1.807) is 17.0 Å². The van der Waals surface area contributed by atoms with E-state index in [1.807, 2.05) is 17.5 Å². The lowest BCUT2D eigenvalue weighted by molar-refractivity contribution is -0.117. The molecule has 2 aromatic rings. The van der Waals surface area contributed by atoms with E-state index < -0.39 is 0 Å². The third-order valence-electron chi connectivity index (χ3n) is 5.62. The average Bonchev–Trinajstić information content (AvgIpc) is 3.30. The smallest absolute Gasteiger partial charge is 0.257 e. The van der Waals surface area contributed by atoms with Gasteiger partial charge in [0.1, 0.15) is 0 Å². The summed E-state index contributed by atoms with van der Waals surface area (Å²) in [7, 11) is 0. The summed E-state index contributed by atoms with van der Waals surface area (Å²) < 4.78 is 0. The molecule has 2 saturated heterocycles. The Hall–Kier alpha value is -2.25. The molecule has 0 saturated carbocycles. The summed E-state index contributed by atoms with van der Waals surface area (Å²) in [6.07, 6.45) is 2.78. The minimum absolute atomic E-state index is 0.148. The molecule has 2 aliphatic heterocycles. The van der Waals surface area contributed by atoms with Crippen LogP contribution in [0, 0.1) is 11.8 Å². The monoisotopic (exact) mass is 412 g/mol. The number of rotatable bonds is 5. The van der Waals surface area contributed by atoms with E-state index in [2.05, 4.69) is 29.0 Å². The number of carbonyl (C=O) groups excluding carboxylic acids is 2. The Morgan fingerprint density at radius 2 is 1.93 bits per heavy atom. The summed E-state index contributed by atoms with van der Waals surface area (Å²) >= 11 is 1.46. The number of hydrogen-bond donors (Lipinski definition) is 1. The van der Waals surface area contributed by atoms with Gasteiger partial charge in [-0.15, -0.1) is 11.3 Å². The van der Waals surface area contributed by atoms with Crippen LogP contribution < -0.4 is 10.2 Å². The number of nitrogens with zero attached hydrogens (tertiary/aromatic N) is 3. The van der Waals surface area contributed by atoms with Gasteiger partial charge in [0, 0.05) is 49.2 Å². The SMILES string of the molecule is C[C@H]1C[C@H](C)CN(Cc2csc(NC(=O)c3ccc(N4CCCC4=O)cc3)n2)C1. The Balaban J connectivity index is 1.34. The zero-order valence-corrected chi connectivity index (χ0v) is 17.9. The van der Waals surface area contributed by atoms with Crippen LogP contribution in [0.4, 0.5) is 10.8 Å². The van der Waals surface area contributed by atoms with Gasteiger partial charge in [-0.25, -0.2) is 4.98 Å². The Morgan fingerprint density at radius 3 is 2.59 bits per heavy atom. The van der Waals surface area contributed by atoms with Crippen LogP contribution in [-0.2, 0) is 11.3 Å². The molecule has 1 N–H and O–H groups in total. The molecular formula is C22H28N4O2S. The van der Waals surface area contributed by atoms with Crippen molar-refractivity contribution < 1.29 is 9.59 Å². The van der Waals surface area contributed by atoms with Crippen LogP contribution in [0.2, 0.25) is 0 Å². The molecule has 7 heteroatoms. The number of thiazole rings is 1. The second kappa shape index (κ2) is 8.63. The predicted octanol–water partition coefficient (Wildman–Crippen LogP) is 4.00. The highest BCUT2D eigenvalue weighted by molar-refractivity contribution is 7.14. The molecule has 0 bridgehead atoms. The molecule has 1 aromatic heterocycles. The fourth-order valence-electron chi connectivity index (χ4n) is 4.47. The van der Waals surface area contributed by atoms with Gasteiger partial charge in [0.25, 0.3) is 5.91 Å². The van der Waals surface area contributed by atoms with Crippen molar-refractivity contribution >= 4 is 34.0 Å². The maximum atomic E-state index is 12.6. The lowest BCUT2D eigenvalue weighted by atomic mass is 9.92. The maximum absolute atomic E-state index is 12.6. The summed E-state index contributed by atoms with van der Waals surface area (Å²) in [5.41, 5.74) is 2.43. The van der Waals surface area contributed by atoms with Crippen molar-refractivity contribution in [2.75, 3.05) is 29.9 Å². The molecule has 6 nitrogen and oxygen atoms in total. The first-order valence-corrected chi connectivity index (χ1v) is 11.2. The van der Waals surface area contributed by atoms with Gasteiger partial charge in [0.2, 0.25) is 5.91 Å². The average molecular weight is 413 g/mol. The van der Waals surface area contributed by atoms with Gasteiger partial charge in [0.05, 0.1) is 5.69 Å². The summed E-state index contributed by atoms with van der Waals surface area (Å²) in [6, 6.07) is 7.21. The summed E-state index contributed by atoms with van der Waals surface area (Å²) in [5.74, 6) is 1.41. The highest BCUT2D eigenvalue weighted by atomic mass is 32.1. The molecule has 2 atom stereocenters. The fraction of sp³-hybridized carbons (Fsp3) is 0.500. The van der Waals surface area contributed by atoms with Crippen molar-refractivity contribution in [1.29, 1.82) is 0 Å². The van der Waals surface area contributed by atoms with Gasteiger partial charge < -0.3 is 4.90 Å². The van der Waals surface area contributed by atoms with E-state index in [9.17, 15) is 9.59 Å². The second-order valence-corrected chi connectivity index (χ2v) is 9.29. The van der Waals surface area contributed by atoms with Crippen LogP contribution in [-0.4, -0.2) is 41.3 Å². The molecular weight excluding hydrogens is 384 g/mol. The molecule has 2 amide bonds. The number of benzene rings is 1. The van der Waals surface area contributed by atoms with Crippen LogP contribution >= 0.6 is 11.3 Å². The molecule has 1 aromatic carbocycles. The van der Waals surface area contributed by atoms with Crippen molar-refractivity contribution in [3.8, 4) is 0 Å². The standard InChI is InChI=1S/C22H28N4O2S/c1-15-10-16(2)12-25(11-15)13-18-14-29-22(23-18)24-21(28)17-5-7-19(8-6-17)26-9-3-4-20(26)27/h5-8,14-16H,3-4,9-13H2,1-2H3,(H,23,24,28)/t15-,16-/m0/s1. The summed E-state index contributed by atoms with van der Waals surface area (Å²) in [6.45, 7) is 8.41. The van der Waals surface area contributed by atoms with Crippen molar-refractivity contribution in [2.24, 2.45) is 11.8 Å². The van der Waals surface area contributed by atoms with Gasteiger partial charge >= 0.3 is 0 Å². The van der Waals surface area contributed by atoms with Gasteiger partial charge in [-0.1, -0.05) is 13.8 Å². The van der Waals surface area contributed by atoms with Gasteiger partial charge in [-0.05, 0) is 48.9 Å². The molecule has 154 valence electrons. The minimum Gasteiger partial charge on any atom is -0.312 e. The number of aromatic nitrogens is 1. The third-order valence-corrected chi connectivity index (χ3v) is 6.42.